The first-order valence-electron chi connectivity index (χ1n) is 8.68. The maximum Gasteiger partial charge on any atom is 0.277 e. The van der Waals surface area contributed by atoms with Crippen molar-refractivity contribution in [1.82, 2.24) is 25.0 Å². The summed E-state index contributed by atoms with van der Waals surface area (Å²) in [5, 5.41) is 9.52. The van der Waals surface area contributed by atoms with Crippen molar-refractivity contribution in [3.05, 3.63) is 30.5 Å². The second kappa shape index (κ2) is 7.43. The third kappa shape index (κ3) is 3.68. The highest BCUT2D eigenvalue weighted by Crippen LogP contribution is 2.29. The number of nitrogens with one attached hydrogen (secondary N) is 1. The minimum absolute atomic E-state index is 0.00930. The van der Waals surface area contributed by atoms with Crippen LogP contribution in [0.4, 0.5) is 0 Å². The molecular weight excluding hydrogens is 366 g/mol. The lowest BCUT2D eigenvalue weighted by atomic mass is 10.2. The number of hydrogen-bond acceptors (Lipinski definition) is 6. The molecule has 1 saturated heterocycles. The van der Waals surface area contributed by atoms with E-state index in [1.54, 1.807) is 16.7 Å². The first kappa shape index (κ1) is 17.6. The van der Waals surface area contributed by atoms with Gasteiger partial charge < -0.3 is 19.2 Å². The second-order valence-electron chi connectivity index (χ2n) is 6.30. The van der Waals surface area contributed by atoms with Crippen molar-refractivity contribution in [3.8, 4) is 11.5 Å². The number of piperazine rings is 1. The first-order chi connectivity index (χ1) is 13.1. The summed E-state index contributed by atoms with van der Waals surface area (Å²) in [7, 11) is 0. The molecule has 1 N–H and O–H groups in total. The van der Waals surface area contributed by atoms with Crippen LogP contribution in [0.3, 0.4) is 0 Å². The fourth-order valence-electron chi connectivity index (χ4n) is 3.11. The van der Waals surface area contributed by atoms with E-state index in [-0.39, 0.29) is 17.6 Å². The van der Waals surface area contributed by atoms with E-state index in [0.29, 0.717) is 37.3 Å². The van der Waals surface area contributed by atoms with Crippen LogP contribution in [0.2, 0.25) is 0 Å². The fraction of sp³-hybridized carbons (Fsp3) is 0.333. The molecule has 2 amide bonds. The summed E-state index contributed by atoms with van der Waals surface area (Å²) in [4.78, 5) is 30.4. The van der Waals surface area contributed by atoms with Crippen molar-refractivity contribution in [3.63, 3.8) is 0 Å². The quantitative estimate of drug-likeness (QED) is 0.690. The van der Waals surface area contributed by atoms with Crippen LogP contribution < -0.4 is 0 Å². The van der Waals surface area contributed by atoms with E-state index >= 15 is 0 Å². The van der Waals surface area contributed by atoms with E-state index in [0.717, 1.165) is 16.5 Å². The average molecular weight is 385 g/mol. The topological polar surface area (TPSA) is 95.3 Å². The van der Waals surface area contributed by atoms with Crippen LogP contribution >= 0.6 is 11.8 Å². The van der Waals surface area contributed by atoms with Crippen molar-refractivity contribution >= 4 is 34.5 Å². The van der Waals surface area contributed by atoms with Crippen molar-refractivity contribution in [1.29, 1.82) is 0 Å². The summed E-state index contributed by atoms with van der Waals surface area (Å²) in [6.45, 7) is 3.83. The van der Waals surface area contributed by atoms with E-state index in [4.69, 9.17) is 4.42 Å². The molecule has 0 aliphatic carbocycles. The molecule has 2 aromatic heterocycles. The number of fused-ring (bicyclic) bond motifs is 1. The molecule has 27 heavy (non-hydrogen) atoms. The Kier molecular flexibility index (Phi) is 4.85. The number of carbonyl (C=O) groups is 2. The molecule has 0 atom stereocenters. The minimum atomic E-state index is 0.00930. The summed E-state index contributed by atoms with van der Waals surface area (Å²) in [6, 6.07) is 7.88. The number of hydrogen-bond donors (Lipinski definition) is 1. The number of benzene rings is 1. The SMILES string of the molecule is CC(=O)N1CCN(C(=O)CSc2nnc(-c3c[nH]c4ccccc34)o2)CC1. The number of rotatable bonds is 4. The molecule has 0 unspecified atom stereocenters. The smallest absolute Gasteiger partial charge is 0.277 e. The number of carbonyl (C=O) groups excluding carboxylic acids is 2. The largest absolute Gasteiger partial charge is 0.411 e. The molecule has 3 aromatic rings. The Morgan fingerprint density at radius 1 is 1.15 bits per heavy atom. The monoisotopic (exact) mass is 385 g/mol. The molecule has 1 aliphatic rings. The van der Waals surface area contributed by atoms with Crippen LogP contribution in [-0.4, -0.2) is 68.7 Å². The number of aromatic amines is 1. The van der Waals surface area contributed by atoms with Gasteiger partial charge in [0, 0.05) is 50.2 Å². The van der Waals surface area contributed by atoms with Crippen LogP contribution in [0, 0.1) is 0 Å². The molecule has 0 bridgehead atoms. The second-order valence-corrected chi connectivity index (χ2v) is 7.22. The van der Waals surface area contributed by atoms with Crippen LogP contribution in [0.25, 0.3) is 22.4 Å². The van der Waals surface area contributed by atoms with Gasteiger partial charge in [-0.2, -0.15) is 0 Å². The molecule has 140 valence electrons. The highest BCUT2D eigenvalue weighted by molar-refractivity contribution is 7.99. The fourth-order valence-corrected chi connectivity index (χ4v) is 3.78. The van der Waals surface area contributed by atoms with Crippen molar-refractivity contribution in [2.45, 2.75) is 12.1 Å². The molecular formula is C18H19N5O3S. The lowest BCUT2D eigenvalue weighted by Gasteiger charge is -2.34. The van der Waals surface area contributed by atoms with Crippen LogP contribution in [0.1, 0.15) is 6.92 Å². The number of nitrogens with zero attached hydrogens (tertiary/aromatic N) is 4. The minimum Gasteiger partial charge on any atom is -0.411 e. The first-order valence-corrected chi connectivity index (χ1v) is 9.66. The van der Waals surface area contributed by atoms with E-state index in [1.165, 1.54) is 11.8 Å². The predicted molar refractivity (Wildman–Crippen MR) is 101 cm³/mol. The number of amides is 2. The van der Waals surface area contributed by atoms with E-state index in [9.17, 15) is 9.59 Å². The maximum absolute atomic E-state index is 12.4. The van der Waals surface area contributed by atoms with Crippen molar-refractivity contribution < 1.29 is 14.0 Å². The van der Waals surface area contributed by atoms with E-state index < -0.39 is 0 Å². The zero-order valence-corrected chi connectivity index (χ0v) is 15.7. The van der Waals surface area contributed by atoms with Gasteiger partial charge in [0.2, 0.25) is 11.8 Å². The summed E-state index contributed by atoms with van der Waals surface area (Å²) < 4.78 is 5.72. The van der Waals surface area contributed by atoms with E-state index in [1.807, 2.05) is 30.5 Å². The molecule has 4 rings (SSSR count). The third-order valence-corrected chi connectivity index (χ3v) is 5.43. The summed E-state index contributed by atoms with van der Waals surface area (Å²) in [6.07, 6.45) is 1.84. The number of H-pyrrole nitrogens is 1. The molecule has 9 heteroatoms. The Bertz CT molecular complexity index is 974. The van der Waals surface area contributed by atoms with Gasteiger partial charge in [-0.1, -0.05) is 30.0 Å². The van der Waals surface area contributed by atoms with Gasteiger partial charge in [-0.3, -0.25) is 9.59 Å². The van der Waals surface area contributed by atoms with Crippen LogP contribution in [-0.2, 0) is 9.59 Å². The van der Waals surface area contributed by atoms with Crippen molar-refractivity contribution in [2.24, 2.45) is 0 Å². The van der Waals surface area contributed by atoms with Crippen molar-refractivity contribution in [2.75, 3.05) is 31.9 Å². The Morgan fingerprint density at radius 2 is 1.89 bits per heavy atom. The lowest BCUT2D eigenvalue weighted by Crippen LogP contribution is -2.50. The predicted octanol–water partition coefficient (Wildman–Crippen LogP) is 2.00. The Hall–Kier alpha value is -2.81. The van der Waals surface area contributed by atoms with Gasteiger partial charge in [-0.25, -0.2) is 0 Å². The van der Waals surface area contributed by atoms with Gasteiger partial charge in [0.15, 0.2) is 0 Å². The molecule has 3 heterocycles. The summed E-state index contributed by atoms with van der Waals surface area (Å²) in [5.74, 6) is 0.718. The van der Waals surface area contributed by atoms with E-state index in [2.05, 4.69) is 15.2 Å². The highest BCUT2D eigenvalue weighted by Gasteiger charge is 2.23. The Balaban J connectivity index is 1.36. The molecule has 8 nitrogen and oxygen atoms in total. The Morgan fingerprint density at radius 3 is 2.67 bits per heavy atom. The summed E-state index contributed by atoms with van der Waals surface area (Å²) in [5.41, 5.74) is 1.84. The molecule has 0 spiro atoms. The molecule has 1 aliphatic heterocycles. The lowest BCUT2D eigenvalue weighted by molar-refractivity contribution is -0.136. The van der Waals surface area contributed by atoms with Crippen LogP contribution in [0.15, 0.2) is 40.1 Å². The van der Waals surface area contributed by atoms with Gasteiger partial charge in [0.05, 0.1) is 11.3 Å². The van der Waals surface area contributed by atoms with Gasteiger partial charge >= 0.3 is 0 Å². The summed E-state index contributed by atoms with van der Waals surface area (Å²) >= 11 is 1.23. The van der Waals surface area contributed by atoms with Gasteiger partial charge in [0.25, 0.3) is 11.1 Å². The zero-order chi connectivity index (χ0) is 18.8. The van der Waals surface area contributed by atoms with Gasteiger partial charge in [-0.15, -0.1) is 10.2 Å². The number of aromatic nitrogens is 3. The zero-order valence-electron chi connectivity index (χ0n) is 14.8. The highest BCUT2D eigenvalue weighted by atomic mass is 32.2. The van der Waals surface area contributed by atoms with Gasteiger partial charge in [0.1, 0.15) is 0 Å². The van der Waals surface area contributed by atoms with Gasteiger partial charge in [-0.05, 0) is 6.07 Å². The maximum atomic E-state index is 12.4. The molecule has 1 aromatic carbocycles. The number of para-hydroxylation sites is 1. The normalized spacial score (nSPS) is 14.7. The average Bonchev–Trinajstić information content (AvgIpc) is 3.32. The molecule has 0 saturated carbocycles. The standard InChI is InChI=1S/C18H19N5O3S/c1-12(24)22-6-8-23(9-7-22)16(25)11-27-18-21-20-17(26-18)14-10-19-15-5-3-2-4-13(14)15/h2-5,10,19H,6-9,11H2,1H3. The molecule has 0 radical (unpaired) electrons. The molecule has 1 fully saturated rings. The number of thioether (sulfide) groups is 1. The van der Waals surface area contributed by atoms with Crippen LogP contribution in [0.5, 0.6) is 0 Å². The third-order valence-electron chi connectivity index (χ3n) is 4.62. The Labute approximate surface area is 159 Å².